The monoisotopic (exact) mass is 143 g/mol. The van der Waals surface area contributed by atoms with Gasteiger partial charge in [0.25, 0.3) is 0 Å². The van der Waals surface area contributed by atoms with Gasteiger partial charge in [-0.1, -0.05) is 6.07 Å². The Balaban J connectivity index is 2.65. The van der Waals surface area contributed by atoms with Crippen LogP contribution in [0.15, 0.2) is 17.5 Å². The molecular formula is C6H9NOS. The zero-order valence-electron chi connectivity index (χ0n) is 4.95. The predicted octanol–water partition coefficient (Wildman–Crippen LogP) is 0.740. The van der Waals surface area contributed by atoms with E-state index in [1.165, 1.54) is 0 Å². The first-order valence-corrected chi connectivity index (χ1v) is 3.62. The molecule has 0 amide bonds. The van der Waals surface area contributed by atoms with Gasteiger partial charge in [0.2, 0.25) is 0 Å². The average molecular weight is 143 g/mol. The summed E-state index contributed by atoms with van der Waals surface area (Å²) in [5, 5.41) is 10.5. The number of aliphatic hydroxyl groups is 1. The maximum absolute atomic E-state index is 8.59. The van der Waals surface area contributed by atoms with Crippen LogP contribution in [-0.4, -0.2) is 11.7 Å². The minimum absolute atomic E-state index is 0.0283. The molecule has 0 bridgehead atoms. The lowest BCUT2D eigenvalue weighted by Gasteiger charge is -2.01. The van der Waals surface area contributed by atoms with E-state index in [0.29, 0.717) is 0 Å². The summed E-state index contributed by atoms with van der Waals surface area (Å²) in [5.41, 5.74) is 5.50. The summed E-state index contributed by atoms with van der Waals surface area (Å²) in [7, 11) is 0. The van der Waals surface area contributed by atoms with Crippen LogP contribution in [0.2, 0.25) is 0 Å². The number of hydrogen-bond acceptors (Lipinski definition) is 3. The first kappa shape index (κ1) is 6.74. The van der Waals surface area contributed by atoms with E-state index in [4.69, 9.17) is 10.8 Å². The van der Waals surface area contributed by atoms with E-state index in [-0.39, 0.29) is 12.6 Å². The van der Waals surface area contributed by atoms with Crippen LogP contribution in [-0.2, 0) is 0 Å². The largest absolute Gasteiger partial charge is 0.394 e. The molecule has 1 aromatic rings. The second kappa shape index (κ2) is 2.96. The topological polar surface area (TPSA) is 46.2 Å². The lowest BCUT2D eigenvalue weighted by Crippen LogP contribution is -2.12. The Morgan fingerprint density at radius 3 is 3.00 bits per heavy atom. The lowest BCUT2D eigenvalue weighted by atomic mass is 10.3. The lowest BCUT2D eigenvalue weighted by molar-refractivity contribution is 0.269. The van der Waals surface area contributed by atoms with Gasteiger partial charge >= 0.3 is 0 Å². The molecule has 2 nitrogen and oxygen atoms in total. The van der Waals surface area contributed by atoms with Gasteiger partial charge in [0.15, 0.2) is 0 Å². The Hall–Kier alpha value is -0.380. The molecule has 1 heterocycles. The van der Waals surface area contributed by atoms with Crippen molar-refractivity contribution in [2.24, 2.45) is 5.73 Å². The van der Waals surface area contributed by atoms with Crippen molar-refractivity contribution in [2.45, 2.75) is 6.04 Å². The Kier molecular flexibility index (Phi) is 2.22. The molecule has 50 valence electrons. The fourth-order valence-electron chi connectivity index (χ4n) is 0.592. The molecule has 3 heteroatoms. The van der Waals surface area contributed by atoms with E-state index in [9.17, 15) is 0 Å². The van der Waals surface area contributed by atoms with Crippen LogP contribution in [0.5, 0.6) is 0 Å². The highest BCUT2D eigenvalue weighted by Crippen LogP contribution is 2.15. The van der Waals surface area contributed by atoms with Crippen molar-refractivity contribution in [3.63, 3.8) is 0 Å². The van der Waals surface area contributed by atoms with Crippen LogP contribution in [0.4, 0.5) is 0 Å². The molecule has 0 saturated heterocycles. The minimum Gasteiger partial charge on any atom is -0.394 e. The van der Waals surface area contributed by atoms with Gasteiger partial charge in [-0.05, 0) is 11.4 Å². The van der Waals surface area contributed by atoms with Crippen LogP contribution in [0.25, 0.3) is 0 Å². The summed E-state index contributed by atoms with van der Waals surface area (Å²) < 4.78 is 0. The quantitative estimate of drug-likeness (QED) is 0.641. The number of aliphatic hydroxyl groups excluding tert-OH is 1. The molecule has 0 aliphatic heterocycles. The van der Waals surface area contributed by atoms with Gasteiger partial charge in [-0.2, -0.15) is 0 Å². The van der Waals surface area contributed by atoms with Crippen molar-refractivity contribution in [2.75, 3.05) is 6.61 Å². The van der Waals surface area contributed by atoms with Gasteiger partial charge in [-0.15, -0.1) is 11.3 Å². The van der Waals surface area contributed by atoms with Gasteiger partial charge in [0.05, 0.1) is 12.6 Å². The molecule has 0 fully saturated rings. The number of hydrogen-bond donors (Lipinski definition) is 2. The Bertz CT molecular complexity index is 162. The molecule has 0 aromatic carbocycles. The van der Waals surface area contributed by atoms with E-state index in [1.54, 1.807) is 11.3 Å². The molecule has 1 unspecified atom stereocenters. The molecule has 0 aliphatic rings. The molecule has 0 aliphatic carbocycles. The van der Waals surface area contributed by atoms with E-state index < -0.39 is 0 Å². The first-order chi connectivity index (χ1) is 4.34. The van der Waals surface area contributed by atoms with E-state index in [2.05, 4.69) is 0 Å². The summed E-state index contributed by atoms with van der Waals surface area (Å²) in [4.78, 5) is 1.04. The zero-order valence-corrected chi connectivity index (χ0v) is 5.77. The molecule has 9 heavy (non-hydrogen) atoms. The minimum atomic E-state index is -0.190. The summed E-state index contributed by atoms with van der Waals surface area (Å²) in [6.07, 6.45) is 0. The fourth-order valence-corrected chi connectivity index (χ4v) is 1.31. The zero-order chi connectivity index (χ0) is 6.69. The smallest absolute Gasteiger partial charge is 0.0632 e. The predicted molar refractivity (Wildman–Crippen MR) is 38.3 cm³/mol. The van der Waals surface area contributed by atoms with Crippen molar-refractivity contribution in [1.29, 1.82) is 0 Å². The first-order valence-electron chi connectivity index (χ1n) is 2.74. The summed E-state index contributed by atoms with van der Waals surface area (Å²) in [5.74, 6) is 0. The van der Waals surface area contributed by atoms with Gasteiger partial charge in [0, 0.05) is 4.88 Å². The van der Waals surface area contributed by atoms with Crippen molar-refractivity contribution in [3.8, 4) is 0 Å². The summed E-state index contributed by atoms with van der Waals surface area (Å²) in [6, 6.07) is 3.66. The highest BCUT2D eigenvalue weighted by atomic mass is 32.1. The normalized spacial score (nSPS) is 13.6. The number of thiophene rings is 1. The highest BCUT2D eigenvalue weighted by Gasteiger charge is 2.02. The van der Waals surface area contributed by atoms with Crippen molar-refractivity contribution in [1.82, 2.24) is 0 Å². The van der Waals surface area contributed by atoms with E-state index in [0.717, 1.165) is 4.88 Å². The standard InChI is InChI=1S/C6H9NOS/c7-5(4-8)6-2-1-3-9-6/h1-3,5,8H,4,7H2. The molecule has 1 atom stereocenters. The molecule has 1 rings (SSSR count). The van der Waals surface area contributed by atoms with Crippen molar-refractivity contribution in [3.05, 3.63) is 22.4 Å². The molecule has 1 aromatic heterocycles. The number of nitrogens with two attached hydrogens (primary N) is 1. The fraction of sp³-hybridized carbons (Fsp3) is 0.333. The Morgan fingerprint density at radius 1 is 1.78 bits per heavy atom. The molecule has 0 saturated carbocycles. The average Bonchev–Trinajstić information content (AvgIpc) is 2.37. The van der Waals surface area contributed by atoms with Crippen molar-refractivity contribution >= 4 is 11.3 Å². The Morgan fingerprint density at radius 2 is 2.56 bits per heavy atom. The Labute approximate surface area is 57.9 Å². The van der Waals surface area contributed by atoms with Gasteiger partial charge in [0.1, 0.15) is 0 Å². The molecule has 0 spiro atoms. The third kappa shape index (κ3) is 1.51. The van der Waals surface area contributed by atoms with Crippen LogP contribution < -0.4 is 5.73 Å². The van der Waals surface area contributed by atoms with Crippen LogP contribution in [0.1, 0.15) is 10.9 Å². The van der Waals surface area contributed by atoms with Gasteiger partial charge in [-0.25, -0.2) is 0 Å². The second-order valence-corrected chi connectivity index (χ2v) is 2.78. The highest BCUT2D eigenvalue weighted by molar-refractivity contribution is 7.10. The SMILES string of the molecule is NC(CO)c1cccs1. The molecular weight excluding hydrogens is 134 g/mol. The van der Waals surface area contributed by atoms with Crippen LogP contribution in [0, 0.1) is 0 Å². The second-order valence-electron chi connectivity index (χ2n) is 1.80. The van der Waals surface area contributed by atoms with E-state index in [1.807, 2.05) is 17.5 Å². The summed E-state index contributed by atoms with van der Waals surface area (Å²) in [6.45, 7) is 0.0283. The molecule has 3 N–H and O–H groups in total. The summed E-state index contributed by atoms with van der Waals surface area (Å²) >= 11 is 1.57. The van der Waals surface area contributed by atoms with Gasteiger partial charge < -0.3 is 10.8 Å². The van der Waals surface area contributed by atoms with Crippen LogP contribution in [0.3, 0.4) is 0 Å². The third-order valence-corrected chi connectivity index (χ3v) is 2.11. The third-order valence-electron chi connectivity index (χ3n) is 1.11. The number of rotatable bonds is 2. The van der Waals surface area contributed by atoms with Crippen molar-refractivity contribution < 1.29 is 5.11 Å². The maximum Gasteiger partial charge on any atom is 0.0632 e. The maximum atomic E-state index is 8.59. The molecule has 0 radical (unpaired) electrons. The van der Waals surface area contributed by atoms with Gasteiger partial charge in [-0.3, -0.25) is 0 Å². The van der Waals surface area contributed by atoms with E-state index >= 15 is 0 Å². The van der Waals surface area contributed by atoms with Crippen LogP contribution >= 0.6 is 11.3 Å².